The van der Waals surface area contributed by atoms with Gasteiger partial charge in [-0.25, -0.2) is 4.98 Å². The van der Waals surface area contributed by atoms with Gasteiger partial charge in [0.15, 0.2) is 0 Å². The Labute approximate surface area is 89.1 Å². The van der Waals surface area contributed by atoms with Gasteiger partial charge in [-0.05, 0) is 13.0 Å². The average Bonchev–Trinajstić information content (AvgIpc) is 2.19. The molecule has 1 heterocycles. The molecule has 0 aliphatic carbocycles. The van der Waals surface area contributed by atoms with Crippen LogP contribution in [0.3, 0.4) is 0 Å². The Kier molecular flexibility index (Phi) is 4.93. The largest absolute Gasteiger partial charge is 0.384 e. The van der Waals surface area contributed by atoms with Crippen molar-refractivity contribution >= 4 is 11.8 Å². The zero-order valence-corrected chi connectivity index (χ0v) is 9.38. The Morgan fingerprint density at radius 1 is 1.64 bits per heavy atom. The van der Waals surface area contributed by atoms with Crippen LogP contribution in [0, 0.1) is 0 Å². The highest BCUT2D eigenvalue weighted by atomic mass is 32.2. The van der Waals surface area contributed by atoms with Crippen molar-refractivity contribution in [2.24, 2.45) is 5.73 Å². The predicted octanol–water partition coefficient (Wildman–Crippen LogP) is 1.84. The highest BCUT2D eigenvalue weighted by Gasteiger charge is 2.07. The third kappa shape index (κ3) is 3.29. The van der Waals surface area contributed by atoms with E-state index in [1.165, 1.54) is 0 Å². The number of pyridine rings is 1. The summed E-state index contributed by atoms with van der Waals surface area (Å²) in [5.74, 6) is 0.910. The number of hydrogen-bond acceptors (Lipinski definition) is 4. The van der Waals surface area contributed by atoms with Gasteiger partial charge in [0.2, 0.25) is 0 Å². The van der Waals surface area contributed by atoms with Gasteiger partial charge in [-0.3, -0.25) is 0 Å². The minimum atomic E-state index is 0.0359. The summed E-state index contributed by atoms with van der Waals surface area (Å²) >= 11 is 1.68. The van der Waals surface area contributed by atoms with Gasteiger partial charge in [-0.1, -0.05) is 6.07 Å². The third-order valence-corrected chi connectivity index (χ3v) is 2.80. The summed E-state index contributed by atoms with van der Waals surface area (Å²) in [5, 5.41) is 1.01. The van der Waals surface area contributed by atoms with E-state index >= 15 is 0 Å². The van der Waals surface area contributed by atoms with Gasteiger partial charge in [0.1, 0.15) is 5.03 Å². The van der Waals surface area contributed by atoms with Crippen molar-refractivity contribution < 1.29 is 4.74 Å². The molecule has 2 N–H and O–H groups in total. The average molecular weight is 212 g/mol. The predicted molar refractivity (Wildman–Crippen MR) is 59.4 cm³/mol. The lowest BCUT2D eigenvalue weighted by molar-refractivity contribution is 0.218. The lowest BCUT2D eigenvalue weighted by Crippen LogP contribution is -2.07. The fourth-order valence-electron chi connectivity index (χ4n) is 1.09. The number of aromatic nitrogens is 1. The van der Waals surface area contributed by atoms with Crippen LogP contribution in [0.2, 0.25) is 0 Å². The summed E-state index contributed by atoms with van der Waals surface area (Å²) in [5.41, 5.74) is 6.94. The van der Waals surface area contributed by atoms with E-state index in [1.54, 1.807) is 25.1 Å². The van der Waals surface area contributed by atoms with Gasteiger partial charge >= 0.3 is 0 Å². The normalized spacial score (nSPS) is 12.8. The maximum Gasteiger partial charge on any atom is 0.101 e. The Bertz CT molecular complexity index is 279. The first-order valence-corrected chi connectivity index (χ1v) is 5.56. The molecule has 0 spiro atoms. The molecule has 1 aromatic heterocycles. The fraction of sp³-hybridized carbons (Fsp3) is 0.500. The minimum Gasteiger partial charge on any atom is -0.384 e. The van der Waals surface area contributed by atoms with Gasteiger partial charge in [0.25, 0.3) is 0 Å². The van der Waals surface area contributed by atoms with Crippen LogP contribution >= 0.6 is 11.8 Å². The second-order valence-corrected chi connectivity index (χ2v) is 4.11. The van der Waals surface area contributed by atoms with Gasteiger partial charge in [-0.15, -0.1) is 11.8 Å². The van der Waals surface area contributed by atoms with Crippen molar-refractivity contribution in [2.75, 3.05) is 19.5 Å². The summed E-state index contributed by atoms with van der Waals surface area (Å²) in [7, 11) is 1.70. The maximum atomic E-state index is 5.83. The number of nitrogens with zero attached hydrogens (tertiary/aromatic N) is 1. The van der Waals surface area contributed by atoms with E-state index in [0.717, 1.165) is 22.9 Å². The highest BCUT2D eigenvalue weighted by Crippen LogP contribution is 2.23. The topological polar surface area (TPSA) is 48.1 Å². The maximum absolute atomic E-state index is 5.83. The molecule has 1 aromatic rings. The van der Waals surface area contributed by atoms with Crippen LogP contribution in [-0.2, 0) is 4.74 Å². The van der Waals surface area contributed by atoms with Crippen LogP contribution in [0.5, 0.6) is 0 Å². The standard InChI is InChI=1S/C10H16N2OS/c1-8(11)9-4-3-5-12-10(9)14-7-6-13-2/h3-5,8H,6-7,11H2,1-2H3. The van der Waals surface area contributed by atoms with Crippen LogP contribution in [0.4, 0.5) is 0 Å². The highest BCUT2D eigenvalue weighted by molar-refractivity contribution is 7.99. The molecule has 78 valence electrons. The Morgan fingerprint density at radius 3 is 3.07 bits per heavy atom. The molecule has 1 rings (SSSR count). The van der Waals surface area contributed by atoms with E-state index in [2.05, 4.69) is 4.98 Å². The summed E-state index contributed by atoms with van der Waals surface area (Å²) in [6, 6.07) is 3.97. The summed E-state index contributed by atoms with van der Waals surface area (Å²) in [6.45, 7) is 2.71. The molecule has 4 heteroatoms. The van der Waals surface area contributed by atoms with E-state index in [1.807, 2.05) is 19.1 Å². The summed E-state index contributed by atoms with van der Waals surface area (Å²) < 4.78 is 4.98. The second kappa shape index (κ2) is 6.01. The number of thioether (sulfide) groups is 1. The molecule has 14 heavy (non-hydrogen) atoms. The van der Waals surface area contributed by atoms with Crippen molar-refractivity contribution in [3.63, 3.8) is 0 Å². The van der Waals surface area contributed by atoms with Crippen molar-refractivity contribution in [3.05, 3.63) is 23.9 Å². The van der Waals surface area contributed by atoms with E-state index in [0.29, 0.717) is 0 Å². The molecular weight excluding hydrogens is 196 g/mol. The molecule has 1 atom stereocenters. The van der Waals surface area contributed by atoms with Gasteiger partial charge in [-0.2, -0.15) is 0 Å². The second-order valence-electron chi connectivity index (χ2n) is 3.03. The molecular formula is C10H16N2OS. The van der Waals surface area contributed by atoms with Crippen LogP contribution in [0.25, 0.3) is 0 Å². The minimum absolute atomic E-state index is 0.0359. The third-order valence-electron chi connectivity index (χ3n) is 1.82. The first kappa shape index (κ1) is 11.5. The van der Waals surface area contributed by atoms with Crippen molar-refractivity contribution in [3.8, 4) is 0 Å². The Morgan fingerprint density at radius 2 is 2.43 bits per heavy atom. The molecule has 0 aliphatic heterocycles. The quantitative estimate of drug-likeness (QED) is 0.597. The number of methoxy groups -OCH3 is 1. The van der Waals surface area contributed by atoms with Crippen molar-refractivity contribution in [1.29, 1.82) is 0 Å². The first-order valence-electron chi connectivity index (χ1n) is 4.58. The van der Waals surface area contributed by atoms with Crippen LogP contribution in [0.1, 0.15) is 18.5 Å². The Hall–Kier alpha value is -0.580. The van der Waals surface area contributed by atoms with E-state index in [-0.39, 0.29) is 6.04 Å². The number of ether oxygens (including phenoxy) is 1. The smallest absolute Gasteiger partial charge is 0.101 e. The van der Waals surface area contributed by atoms with Crippen LogP contribution in [-0.4, -0.2) is 24.5 Å². The fourth-order valence-corrected chi connectivity index (χ4v) is 2.09. The SMILES string of the molecule is COCCSc1ncccc1C(C)N. The summed E-state index contributed by atoms with van der Waals surface area (Å²) in [6.07, 6.45) is 1.79. The molecule has 0 amide bonds. The Balaban J connectivity index is 2.64. The van der Waals surface area contributed by atoms with E-state index < -0.39 is 0 Å². The van der Waals surface area contributed by atoms with Gasteiger partial charge < -0.3 is 10.5 Å². The van der Waals surface area contributed by atoms with Crippen molar-refractivity contribution in [1.82, 2.24) is 4.98 Å². The lowest BCUT2D eigenvalue weighted by atomic mass is 10.2. The summed E-state index contributed by atoms with van der Waals surface area (Å²) in [4.78, 5) is 4.30. The first-order chi connectivity index (χ1) is 6.75. The van der Waals surface area contributed by atoms with Crippen LogP contribution in [0.15, 0.2) is 23.4 Å². The van der Waals surface area contributed by atoms with Crippen LogP contribution < -0.4 is 5.73 Å². The number of rotatable bonds is 5. The van der Waals surface area contributed by atoms with E-state index in [4.69, 9.17) is 10.5 Å². The molecule has 0 saturated carbocycles. The van der Waals surface area contributed by atoms with Gasteiger partial charge in [0, 0.05) is 30.7 Å². The van der Waals surface area contributed by atoms with Gasteiger partial charge in [0.05, 0.1) is 6.61 Å². The zero-order valence-electron chi connectivity index (χ0n) is 8.56. The molecule has 0 aliphatic rings. The number of hydrogen-bond donors (Lipinski definition) is 1. The molecule has 0 bridgehead atoms. The lowest BCUT2D eigenvalue weighted by Gasteiger charge is -2.10. The molecule has 3 nitrogen and oxygen atoms in total. The molecule has 0 radical (unpaired) electrons. The zero-order chi connectivity index (χ0) is 10.4. The number of nitrogens with two attached hydrogens (primary N) is 1. The molecule has 0 saturated heterocycles. The van der Waals surface area contributed by atoms with Crippen molar-refractivity contribution in [2.45, 2.75) is 18.0 Å². The molecule has 0 aromatic carbocycles. The monoisotopic (exact) mass is 212 g/mol. The van der Waals surface area contributed by atoms with E-state index in [9.17, 15) is 0 Å². The molecule has 0 fully saturated rings. The molecule has 1 unspecified atom stereocenters.